The minimum atomic E-state index is -0.817. The number of ether oxygens (including phenoxy) is 2. The molecule has 4 atom stereocenters. The number of carbonyl (C=O) groups excluding carboxylic acids is 1. The molecule has 2 aliphatic heterocycles. The highest BCUT2D eigenvalue weighted by Crippen LogP contribution is 2.34. The van der Waals surface area contributed by atoms with Crippen molar-refractivity contribution in [3.05, 3.63) is 44.8 Å². The molecule has 2 N–H and O–H groups in total. The van der Waals surface area contributed by atoms with Gasteiger partial charge in [-0.3, -0.25) is 4.79 Å². The molecule has 0 amide bonds. The van der Waals surface area contributed by atoms with Crippen LogP contribution in [0.15, 0.2) is 35.0 Å². The summed E-state index contributed by atoms with van der Waals surface area (Å²) >= 11 is 3.17. The van der Waals surface area contributed by atoms with Gasteiger partial charge in [-0.25, -0.2) is 0 Å². The fraction of sp³-hybridized carbons (Fsp3) is 0.591. The van der Waals surface area contributed by atoms with Gasteiger partial charge in [-0.15, -0.1) is 22.7 Å². The molecule has 5 nitrogen and oxygen atoms in total. The zero-order valence-corrected chi connectivity index (χ0v) is 19.5. The second-order valence-electron chi connectivity index (χ2n) is 7.15. The maximum absolute atomic E-state index is 10.8. The fourth-order valence-electron chi connectivity index (χ4n) is 3.36. The largest absolute Gasteiger partial charge is 0.462 e. The highest BCUT2D eigenvalue weighted by molar-refractivity contribution is 7.11. The fourth-order valence-corrected chi connectivity index (χ4v) is 5.03. The van der Waals surface area contributed by atoms with Crippen molar-refractivity contribution in [2.45, 2.75) is 77.4 Å². The molecule has 2 aromatic heterocycles. The molecule has 4 unspecified atom stereocenters. The van der Waals surface area contributed by atoms with Crippen LogP contribution >= 0.6 is 22.7 Å². The quantitative estimate of drug-likeness (QED) is 0.540. The lowest BCUT2D eigenvalue weighted by atomic mass is 9.98. The monoisotopic (exact) mass is 439 g/mol. The number of thiophene rings is 2. The van der Waals surface area contributed by atoms with Crippen molar-refractivity contribution in [1.29, 1.82) is 0 Å². The standard InChI is InChI=1S/C10H17NO3.C10H10OS2.C2H6/c1-6-10(13-6)9-5-8(3-4-11-9)14-7(2)12;1-10(11,8-4-2-6-12-8)9-5-3-7-13-9;1-2/h6,8-11H,3-5H2,1-2H3;2-7,11H,1H3;1-2H3. The molecular formula is C22H33NO4S2. The molecule has 0 radical (unpaired) electrons. The van der Waals surface area contributed by atoms with Crippen LogP contribution < -0.4 is 5.32 Å². The SMILES string of the molecule is CC.CC(=O)OC1CCNC(C2OC2C)C1.CC(O)(c1cccs1)c1cccs1. The lowest BCUT2D eigenvalue weighted by Crippen LogP contribution is -2.45. The molecule has 0 aliphatic carbocycles. The molecule has 2 aliphatic rings. The van der Waals surface area contributed by atoms with E-state index in [1.165, 1.54) is 6.92 Å². The van der Waals surface area contributed by atoms with Crippen molar-refractivity contribution in [2.24, 2.45) is 0 Å². The molecule has 2 fully saturated rings. The normalized spacial score (nSPS) is 25.7. The second-order valence-corrected chi connectivity index (χ2v) is 9.04. The Morgan fingerprint density at radius 3 is 2.21 bits per heavy atom. The average molecular weight is 440 g/mol. The van der Waals surface area contributed by atoms with E-state index >= 15 is 0 Å². The van der Waals surface area contributed by atoms with Gasteiger partial charge in [0.2, 0.25) is 0 Å². The summed E-state index contributed by atoms with van der Waals surface area (Å²) in [6.45, 7) is 10.3. The first-order chi connectivity index (χ1) is 13.9. The van der Waals surface area contributed by atoms with E-state index in [-0.39, 0.29) is 12.1 Å². The van der Waals surface area contributed by atoms with Crippen molar-refractivity contribution >= 4 is 28.6 Å². The summed E-state index contributed by atoms with van der Waals surface area (Å²) < 4.78 is 10.6. The highest BCUT2D eigenvalue weighted by Gasteiger charge is 2.43. The van der Waals surface area contributed by atoms with Gasteiger partial charge in [0.25, 0.3) is 0 Å². The van der Waals surface area contributed by atoms with Gasteiger partial charge in [0.15, 0.2) is 0 Å². The first kappa shape index (κ1) is 24.0. The molecule has 0 spiro atoms. The van der Waals surface area contributed by atoms with Crippen molar-refractivity contribution in [2.75, 3.05) is 6.54 Å². The third-order valence-electron chi connectivity index (χ3n) is 4.88. The summed E-state index contributed by atoms with van der Waals surface area (Å²) in [5.74, 6) is -0.180. The van der Waals surface area contributed by atoms with Crippen LogP contribution in [0.1, 0.15) is 57.2 Å². The van der Waals surface area contributed by atoms with Gasteiger partial charge in [0, 0.05) is 29.1 Å². The summed E-state index contributed by atoms with van der Waals surface area (Å²) in [6.07, 6.45) is 2.57. The van der Waals surface area contributed by atoms with Crippen LogP contribution in [0.4, 0.5) is 0 Å². The van der Waals surface area contributed by atoms with Gasteiger partial charge >= 0.3 is 5.97 Å². The summed E-state index contributed by atoms with van der Waals surface area (Å²) in [6, 6.07) is 8.21. The van der Waals surface area contributed by atoms with Crippen molar-refractivity contribution < 1.29 is 19.4 Å². The van der Waals surface area contributed by atoms with Crippen LogP contribution in [0, 0.1) is 0 Å². The van der Waals surface area contributed by atoms with Crippen LogP contribution in [-0.2, 0) is 19.9 Å². The molecule has 2 aromatic rings. The number of aliphatic hydroxyl groups is 1. The Hall–Kier alpha value is -1.25. The van der Waals surface area contributed by atoms with Gasteiger partial charge in [0.05, 0.1) is 12.2 Å². The van der Waals surface area contributed by atoms with Gasteiger partial charge in [0.1, 0.15) is 11.7 Å². The number of piperidine rings is 1. The van der Waals surface area contributed by atoms with Crippen LogP contribution in [0.3, 0.4) is 0 Å². The Bertz CT molecular complexity index is 679. The summed E-state index contributed by atoms with van der Waals surface area (Å²) in [5, 5.41) is 17.6. The molecule has 0 aromatic carbocycles. The number of carbonyl (C=O) groups is 1. The lowest BCUT2D eigenvalue weighted by Gasteiger charge is -2.28. The van der Waals surface area contributed by atoms with E-state index in [9.17, 15) is 9.90 Å². The number of esters is 1. The predicted octanol–water partition coefficient (Wildman–Crippen LogP) is 4.55. The van der Waals surface area contributed by atoms with Gasteiger partial charge in [-0.1, -0.05) is 26.0 Å². The van der Waals surface area contributed by atoms with E-state index in [0.717, 1.165) is 29.1 Å². The minimum absolute atomic E-state index is 0.0788. The Balaban J connectivity index is 0.000000191. The number of rotatable bonds is 4. The van der Waals surface area contributed by atoms with E-state index in [1.807, 2.05) is 55.8 Å². The van der Waals surface area contributed by atoms with Crippen LogP contribution in [0.25, 0.3) is 0 Å². The van der Waals surface area contributed by atoms with Crippen molar-refractivity contribution in [3.8, 4) is 0 Å². The number of epoxide rings is 1. The van der Waals surface area contributed by atoms with Crippen LogP contribution in [0.5, 0.6) is 0 Å². The Morgan fingerprint density at radius 1 is 1.24 bits per heavy atom. The molecule has 2 saturated heterocycles. The molecule has 29 heavy (non-hydrogen) atoms. The van der Waals surface area contributed by atoms with Gasteiger partial charge in [-0.05, 0) is 49.7 Å². The number of hydrogen-bond acceptors (Lipinski definition) is 7. The third-order valence-corrected chi connectivity index (χ3v) is 7.04. The highest BCUT2D eigenvalue weighted by atomic mass is 32.1. The molecule has 4 rings (SSSR count). The Morgan fingerprint density at radius 2 is 1.79 bits per heavy atom. The first-order valence-corrected chi connectivity index (χ1v) is 12.0. The zero-order valence-electron chi connectivity index (χ0n) is 17.9. The summed E-state index contributed by atoms with van der Waals surface area (Å²) in [5.41, 5.74) is -0.817. The number of nitrogens with one attached hydrogen (secondary N) is 1. The molecule has 7 heteroatoms. The van der Waals surface area contributed by atoms with E-state index in [2.05, 4.69) is 12.2 Å². The molecule has 4 heterocycles. The zero-order chi connectivity index (χ0) is 21.4. The summed E-state index contributed by atoms with van der Waals surface area (Å²) in [7, 11) is 0. The van der Waals surface area contributed by atoms with Crippen molar-refractivity contribution in [3.63, 3.8) is 0 Å². The van der Waals surface area contributed by atoms with E-state index in [4.69, 9.17) is 9.47 Å². The molecular weight excluding hydrogens is 406 g/mol. The van der Waals surface area contributed by atoms with Crippen LogP contribution in [-0.4, -0.2) is 42.0 Å². The predicted molar refractivity (Wildman–Crippen MR) is 120 cm³/mol. The summed E-state index contributed by atoms with van der Waals surface area (Å²) in [4.78, 5) is 12.8. The first-order valence-electron chi connectivity index (χ1n) is 10.2. The van der Waals surface area contributed by atoms with Crippen LogP contribution in [0.2, 0.25) is 0 Å². The van der Waals surface area contributed by atoms with E-state index < -0.39 is 5.60 Å². The third kappa shape index (κ3) is 6.89. The Kier molecular flexibility index (Phi) is 9.30. The molecule has 0 saturated carbocycles. The molecule has 0 bridgehead atoms. The van der Waals surface area contributed by atoms with E-state index in [0.29, 0.717) is 18.2 Å². The van der Waals surface area contributed by atoms with Gasteiger partial charge < -0.3 is 19.9 Å². The van der Waals surface area contributed by atoms with Gasteiger partial charge in [-0.2, -0.15) is 0 Å². The smallest absolute Gasteiger partial charge is 0.302 e. The minimum Gasteiger partial charge on any atom is -0.462 e. The van der Waals surface area contributed by atoms with Crippen molar-refractivity contribution in [1.82, 2.24) is 5.32 Å². The Labute approximate surface area is 182 Å². The maximum atomic E-state index is 10.8. The topological polar surface area (TPSA) is 71.1 Å². The second kappa shape index (κ2) is 11.2. The average Bonchev–Trinajstić information content (AvgIpc) is 3.17. The lowest BCUT2D eigenvalue weighted by molar-refractivity contribution is -0.148. The molecule has 162 valence electrons. The number of hydrogen-bond donors (Lipinski definition) is 2. The maximum Gasteiger partial charge on any atom is 0.302 e. The van der Waals surface area contributed by atoms with E-state index in [1.54, 1.807) is 22.7 Å².